The summed E-state index contributed by atoms with van der Waals surface area (Å²) in [6, 6.07) is 16.2. The Hall–Kier alpha value is -2.20. The molecule has 0 saturated carbocycles. The van der Waals surface area contributed by atoms with Gasteiger partial charge in [-0.2, -0.15) is 0 Å². The number of nitrogens with zero attached hydrogens (tertiary/aromatic N) is 1. The number of anilines is 1. The fourth-order valence-electron chi connectivity index (χ4n) is 2.49. The molecule has 2 aromatic carbocycles. The smallest absolute Gasteiger partial charge is 0.226 e. The van der Waals surface area contributed by atoms with Crippen molar-refractivity contribution < 1.29 is 4.79 Å². The summed E-state index contributed by atoms with van der Waals surface area (Å²) in [5.74, 6) is 0.199. The van der Waals surface area contributed by atoms with Crippen LogP contribution in [0, 0.1) is 6.92 Å². The topological polar surface area (TPSA) is 42.0 Å². The van der Waals surface area contributed by atoms with Crippen LogP contribution in [-0.2, 0) is 4.79 Å². The predicted octanol–water partition coefficient (Wildman–Crippen LogP) is 4.74. The van der Waals surface area contributed by atoms with Gasteiger partial charge in [0.15, 0.2) is 5.13 Å². The molecule has 1 amide bonds. The van der Waals surface area contributed by atoms with Gasteiger partial charge in [0, 0.05) is 6.42 Å². The van der Waals surface area contributed by atoms with E-state index >= 15 is 0 Å². The zero-order chi connectivity index (χ0) is 15.5. The summed E-state index contributed by atoms with van der Waals surface area (Å²) in [6.07, 6.45) is 0.457. The molecular weight excluding hydrogens is 292 g/mol. The number of nitrogens with one attached hydrogen (secondary N) is 1. The standard InChI is InChI=1S/C18H18N2OS/c1-12-7-6-10-15-17(12)20-18(22-15)19-16(21)11-13(2)14-8-4-3-5-9-14/h3-10,13H,11H2,1-2H3,(H,19,20,21)/t13-/m0/s1. The summed E-state index contributed by atoms with van der Waals surface area (Å²) in [6.45, 7) is 4.10. The fourth-order valence-corrected chi connectivity index (χ4v) is 3.45. The lowest BCUT2D eigenvalue weighted by Crippen LogP contribution is -2.14. The summed E-state index contributed by atoms with van der Waals surface area (Å²) < 4.78 is 1.10. The van der Waals surface area contributed by atoms with Crippen LogP contribution in [0.15, 0.2) is 48.5 Å². The van der Waals surface area contributed by atoms with E-state index in [4.69, 9.17) is 0 Å². The van der Waals surface area contributed by atoms with Crippen molar-refractivity contribution in [3.63, 3.8) is 0 Å². The Bertz CT molecular complexity index is 795. The molecule has 3 aromatic rings. The van der Waals surface area contributed by atoms with Gasteiger partial charge in [0.1, 0.15) is 0 Å². The maximum absolute atomic E-state index is 12.2. The minimum Gasteiger partial charge on any atom is -0.302 e. The van der Waals surface area contributed by atoms with E-state index in [1.54, 1.807) is 0 Å². The molecule has 22 heavy (non-hydrogen) atoms. The van der Waals surface area contributed by atoms with Gasteiger partial charge in [-0.25, -0.2) is 4.98 Å². The number of rotatable bonds is 4. The number of carbonyl (C=O) groups excluding carboxylic acids is 1. The number of amides is 1. The number of aryl methyl sites for hydroxylation is 1. The molecule has 3 rings (SSSR count). The van der Waals surface area contributed by atoms with Crippen LogP contribution in [0.5, 0.6) is 0 Å². The molecule has 1 heterocycles. The first-order chi connectivity index (χ1) is 10.6. The number of hydrogen-bond donors (Lipinski definition) is 1. The molecule has 0 unspecified atom stereocenters. The van der Waals surface area contributed by atoms with E-state index in [2.05, 4.69) is 29.4 Å². The van der Waals surface area contributed by atoms with Crippen molar-refractivity contribution in [3.05, 3.63) is 59.7 Å². The van der Waals surface area contributed by atoms with Crippen molar-refractivity contribution in [2.45, 2.75) is 26.2 Å². The normalized spacial score (nSPS) is 12.3. The minimum atomic E-state index is 0.00747. The van der Waals surface area contributed by atoms with Crippen molar-refractivity contribution in [2.24, 2.45) is 0 Å². The van der Waals surface area contributed by atoms with Gasteiger partial charge in [0.2, 0.25) is 5.91 Å². The Balaban J connectivity index is 1.69. The first kappa shape index (κ1) is 14.7. The Kier molecular flexibility index (Phi) is 4.20. The molecule has 0 spiro atoms. The molecule has 1 atom stereocenters. The zero-order valence-electron chi connectivity index (χ0n) is 12.7. The van der Waals surface area contributed by atoms with Crippen molar-refractivity contribution >= 4 is 32.6 Å². The van der Waals surface area contributed by atoms with E-state index in [9.17, 15) is 4.79 Å². The molecule has 0 bridgehead atoms. The molecule has 3 nitrogen and oxygen atoms in total. The third kappa shape index (κ3) is 3.17. The third-order valence-electron chi connectivity index (χ3n) is 3.73. The summed E-state index contributed by atoms with van der Waals surface area (Å²) in [4.78, 5) is 16.7. The van der Waals surface area contributed by atoms with Gasteiger partial charge in [-0.05, 0) is 30.0 Å². The Morgan fingerprint density at radius 3 is 2.68 bits per heavy atom. The van der Waals surface area contributed by atoms with E-state index in [0.29, 0.717) is 11.6 Å². The van der Waals surface area contributed by atoms with Gasteiger partial charge in [-0.1, -0.05) is 60.7 Å². The maximum Gasteiger partial charge on any atom is 0.226 e. The second kappa shape index (κ2) is 6.28. The molecule has 1 N–H and O–H groups in total. The van der Waals surface area contributed by atoms with Crippen molar-refractivity contribution in [2.75, 3.05) is 5.32 Å². The monoisotopic (exact) mass is 310 g/mol. The van der Waals surface area contributed by atoms with Crippen LogP contribution < -0.4 is 5.32 Å². The third-order valence-corrected chi connectivity index (χ3v) is 4.66. The van der Waals surface area contributed by atoms with Crippen LogP contribution in [0.1, 0.15) is 30.4 Å². The van der Waals surface area contributed by atoms with Gasteiger partial charge in [-0.3, -0.25) is 4.79 Å². The van der Waals surface area contributed by atoms with Crippen LogP contribution in [0.3, 0.4) is 0 Å². The Labute approximate surface area is 134 Å². The van der Waals surface area contributed by atoms with Crippen LogP contribution in [0.2, 0.25) is 0 Å². The zero-order valence-corrected chi connectivity index (χ0v) is 13.5. The maximum atomic E-state index is 12.2. The van der Waals surface area contributed by atoms with Crippen molar-refractivity contribution in [3.8, 4) is 0 Å². The quantitative estimate of drug-likeness (QED) is 0.756. The van der Waals surface area contributed by atoms with E-state index in [0.717, 1.165) is 15.8 Å². The highest BCUT2D eigenvalue weighted by Crippen LogP contribution is 2.28. The Morgan fingerprint density at radius 1 is 1.18 bits per heavy atom. The number of thiazole rings is 1. The highest BCUT2D eigenvalue weighted by molar-refractivity contribution is 7.22. The molecule has 0 fully saturated rings. The Morgan fingerprint density at radius 2 is 1.95 bits per heavy atom. The summed E-state index contributed by atoms with van der Waals surface area (Å²) >= 11 is 1.52. The predicted molar refractivity (Wildman–Crippen MR) is 92.5 cm³/mol. The molecule has 0 aliphatic heterocycles. The highest BCUT2D eigenvalue weighted by Gasteiger charge is 2.13. The number of benzene rings is 2. The van der Waals surface area contributed by atoms with Gasteiger partial charge < -0.3 is 5.32 Å². The number of para-hydroxylation sites is 1. The molecule has 0 aliphatic carbocycles. The number of fused-ring (bicyclic) bond motifs is 1. The van der Waals surface area contributed by atoms with E-state index in [1.165, 1.54) is 16.9 Å². The van der Waals surface area contributed by atoms with Gasteiger partial charge in [-0.15, -0.1) is 0 Å². The second-order valence-corrected chi connectivity index (χ2v) is 6.54. The first-order valence-electron chi connectivity index (χ1n) is 7.34. The largest absolute Gasteiger partial charge is 0.302 e. The average Bonchev–Trinajstić information content (AvgIpc) is 2.92. The molecule has 0 radical (unpaired) electrons. The lowest BCUT2D eigenvalue weighted by molar-refractivity contribution is -0.116. The SMILES string of the molecule is Cc1cccc2sc(NC(=O)C[C@H](C)c3ccccc3)nc12. The van der Waals surface area contributed by atoms with Gasteiger partial charge >= 0.3 is 0 Å². The summed E-state index contributed by atoms with van der Waals surface area (Å²) in [7, 11) is 0. The van der Waals surface area contributed by atoms with Crippen LogP contribution in [-0.4, -0.2) is 10.9 Å². The lowest BCUT2D eigenvalue weighted by Gasteiger charge is -2.10. The van der Waals surface area contributed by atoms with Crippen LogP contribution in [0.4, 0.5) is 5.13 Å². The average molecular weight is 310 g/mol. The van der Waals surface area contributed by atoms with E-state index < -0.39 is 0 Å². The summed E-state index contributed by atoms with van der Waals surface area (Å²) in [5, 5.41) is 3.60. The van der Waals surface area contributed by atoms with Crippen molar-refractivity contribution in [1.82, 2.24) is 4.98 Å². The molecule has 1 aromatic heterocycles. The summed E-state index contributed by atoms with van der Waals surface area (Å²) in [5.41, 5.74) is 3.28. The lowest BCUT2D eigenvalue weighted by atomic mass is 9.98. The van der Waals surface area contributed by atoms with Crippen LogP contribution >= 0.6 is 11.3 Å². The number of aromatic nitrogens is 1. The second-order valence-electron chi connectivity index (χ2n) is 5.50. The van der Waals surface area contributed by atoms with Crippen LogP contribution in [0.25, 0.3) is 10.2 Å². The molecule has 0 saturated heterocycles. The highest BCUT2D eigenvalue weighted by atomic mass is 32.1. The first-order valence-corrected chi connectivity index (χ1v) is 8.16. The molecule has 4 heteroatoms. The number of carbonyl (C=O) groups is 1. The van der Waals surface area contributed by atoms with Gasteiger partial charge in [0.05, 0.1) is 10.2 Å². The van der Waals surface area contributed by atoms with Crippen molar-refractivity contribution in [1.29, 1.82) is 0 Å². The fraction of sp³-hybridized carbons (Fsp3) is 0.222. The minimum absolute atomic E-state index is 0.00747. The van der Waals surface area contributed by atoms with E-state index in [1.807, 2.05) is 43.3 Å². The molecular formula is C18H18N2OS. The number of hydrogen-bond acceptors (Lipinski definition) is 3. The molecule has 112 valence electrons. The van der Waals surface area contributed by atoms with Gasteiger partial charge in [0.25, 0.3) is 0 Å². The van der Waals surface area contributed by atoms with E-state index in [-0.39, 0.29) is 11.8 Å². The molecule has 0 aliphatic rings.